The molecule has 0 aromatic heterocycles. The van der Waals surface area contributed by atoms with Crippen LogP contribution in [0.1, 0.15) is 18.1 Å². The van der Waals surface area contributed by atoms with Crippen LogP contribution in [0, 0.1) is 0 Å². The zero-order chi connectivity index (χ0) is 12.7. The van der Waals surface area contributed by atoms with Gasteiger partial charge in [0.05, 0.1) is 13.2 Å². The highest BCUT2D eigenvalue weighted by Gasteiger charge is 2.24. The Hall–Kier alpha value is -0.420. The fraction of sp³-hybridized carbons (Fsp3) is 0.538. The molecule has 0 spiro atoms. The summed E-state index contributed by atoms with van der Waals surface area (Å²) in [5.74, 6) is -0.685. The van der Waals surface area contributed by atoms with Crippen molar-refractivity contribution >= 4 is 15.9 Å². The van der Waals surface area contributed by atoms with Crippen molar-refractivity contribution in [3.63, 3.8) is 0 Å². The van der Waals surface area contributed by atoms with Crippen LogP contribution in [0.25, 0.3) is 0 Å². The Labute approximate surface area is 111 Å². The van der Waals surface area contributed by atoms with Crippen LogP contribution in [0.5, 0.6) is 0 Å². The van der Waals surface area contributed by atoms with Gasteiger partial charge >= 0.3 is 0 Å². The van der Waals surface area contributed by atoms with Crippen molar-refractivity contribution in [2.24, 2.45) is 0 Å². The van der Waals surface area contributed by atoms with Gasteiger partial charge in [0.15, 0.2) is 5.79 Å². The monoisotopic (exact) mass is 302 g/mol. The molecular formula is C13H19BrO3. The minimum atomic E-state index is -0.685. The first-order valence-corrected chi connectivity index (χ1v) is 6.62. The number of alkyl halides is 1. The van der Waals surface area contributed by atoms with Gasteiger partial charge in [0.1, 0.15) is 0 Å². The summed E-state index contributed by atoms with van der Waals surface area (Å²) in [5, 5.41) is 0.858. The molecule has 0 amide bonds. The van der Waals surface area contributed by atoms with Crippen molar-refractivity contribution in [3.05, 3.63) is 35.4 Å². The van der Waals surface area contributed by atoms with E-state index in [0.717, 1.165) is 23.1 Å². The highest BCUT2D eigenvalue weighted by Crippen LogP contribution is 2.25. The van der Waals surface area contributed by atoms with E-state index in [4.69, 9.17) is 14.2 Å². The molecule has 0 saturated carbocycles. The van der Waals surface area contributed by atoms with E-state index in [1.54, 1.807) is 14.2 Å². The van der Waals surface area contributed by atoms with Crippen LogP contribution in [0.3, 0.4) is 0 Å². The lowest BCUT2D eigenvalue weighted by Crippen LogP contribution is -2.26. The quantitative estimate of drug-likeness (QED) is 0.440. The van der Waals surface area contributed by atoms with Gasteiger partial charge in [0.25, 0.3) is 0 Å². The molecule has 0 saturated heterocycles. The van der Waals surface area contributed by atoms with Gasteiger partial charge in [-0.25, -0.2) is 0 Å². The number of hydrogen-bond donors (Lipinski definition) is 0. The fourth-order valence-corrected chi connectivity index (χ4v) is 1.70. The van der Waals surface area contributed by atoms with Crippen LogP contribution in [0.15, 0.2) is 24.3 Å². The molecule has 0 heterocycles. The molecule has 0 aliphatic heterocycles. The third kappa shape index (κ3) is 4.07. The van der Waals surface area contributed by atoms with Crippen LogP contribution in [-0.2, 0) is 26.6 Å². The zero-order valence-electron chi connectivity index (χ0n) is 10.5. The number of benzene rings is 1. The van der Waals surface area contributed by atoms with Gasteiger partial charge in [-0.05, 0) is 12.5 Å². The first-order chi connectivity index (χ1) is 8.16. The summed E-state index contributed by atoms with van der Waals surface area (Å²) in [5.41, 5.74) is 2.14. The first-order valence-electron chi connectivity index (χ1n) is 5.49. The van der Waals surface area contributed by atoms with Gasteiger partial charge < -0.3 is 14.2 Å². The number of rotatable bonds is 7. The Morgan fingerprint density at radius 2 is 1.71 bits per heavy atom. The molecule has 96 valence electrons. The lowest BCUT2D eigenvalue weighted by molar-refractivity contribution is -0.201. The highest BCUT2D eigenvalue weighted by molar-refractivity contribution is 9.09. The molecule has 17 heavy (non-hydrogen) atoms. The Bertz CT molecular complexity index is 320. The SMILES string of the molecule is COC(C)(OC)c1ccc(COCCBr)cc1. The Morgan fingerprint density at radius 1 is 1.12 bits per heavy atom. The lowest BCUT2D eigenvalue weighted by Gasteiger charge is -2.26. The molecule has 1 rings (SSSR count). The first kappa shape index (κ1) is 14.6. The fourth-order valence-electron chi connectivity index (χ4n) is 1.47. The Morgan fingerprint density at radius 3 is 2.18 bits per heavy atom. The van der Waals surface area contributed by atoms with Crippen molar-refractivity contribution in [2.75, 3.05) is 26.2 Å². The summed E-state index contributed by atoms with van der Waals surface area (Å²) < 4.78 is 16.1. The van der Waals surface area contributed by atoms with Crippen molar-refractivity contribution in [1.82, 2.24) is 0 Å². The second kappa shape index (κ2) is 7.11. The second-order valence-corrected chi connectivity index (χ2v) is 4.59. The molecule has 1 aromatic rings. The van der Waals surface area contributed by atoms with E-state index in [-0.39, 0.29) is 0 Å². The third-order valence-electron chi connectivity index (χ3n) is 2.75. The third-order valence-corrected chi connectivity index (χ3v) is 3.07. The summed E-state index contributed by atoms with van der Waals surface area (Å²) in [6, 6.07) is 8.05. The largest absolute Gasteiger partial charge is 0.376 e. The normalized spacial score (nSPS) is 11.8. The zero-order valence-corrected chi connectivity index (χ0v) is 12.1. The summed E-state index contributed by atoms with van der Waals surface area (Å²) in [7, 11) is 3.27. The molecule has 4 heteroatoms. The van der Waals surface area contributed by atoms with Crippen LogP contribution >= 0.6 is 15.9 Å². The van der Waals surface area contributed by atoms with Gasteiger partial charge in [-0.15, -0.1) is 0 Å². The van der Waals surface area contributed by atoms with Gasteiger partial charge in [0, 0.05) is 25.1 Å². The maximum Gasteiger partial charge on any atom is 0.191 e. The van der Waals surface area contributed by atoms with Crippen molar-refractivity contribution in [3.8, 4) is 0 Å². The molecule has 0 radical (unpaired) electrons. The predicted octanol–water partition coefficient (Wildman–Crippen LogP) is 3.06. The van der Waals surface area contributed by atoms with Crippen molar-refractivity contribution in [1.29, 1.82) is 0 Å². The molecule has 0 bridgehead atoms. The molecule has 1 aromatic carbocycles. The second-order valence-electron chi connectivity index (χ2n) is 3.79. The van der Waals surface area contributed by atoms with Crippen LogP contribution < -0.4 is 0 Å². The number of methoxy groups -OCH3 is 2. The molecule has 0 atom stereocenters. The van der Waals surface area contributed by atoms with E-state index in [0.29, 0.717) is 6.61 Å². The summed E-state index contributed by atoms with van der Waals surface area (Å²) in [4.78, 5) is 0. The van der Waals surface area contributed by atoms with E-state index in [2.05, 4.69) is 15.9 Å². The average Bonchev–Trinajstić information content (AvgIpc) is 2.39. The molecule has 0 unspecified atom stereocenters. The average molecular weight is 303 g/mol. The molecule has 3 nitrogen and oxygen atoms in total. The summed E-state index contributed by atoms with van der Waals surface area (Å²) in [6.07, 6.45) is 0. The molecular weight excluding hydrogens is 284 g/mol. The summed E-state index contributed by atoms with van der Waals surface area (Å²) in [6.45, 7) is 3.24. The molecule has 0 aliphatic carbocycles. The lowest BCUT2D eigenvalue weighted by atomic mass is 10.1. The maximum atomic E-state index is 5.44. The van der Waals surface area contributed by atoms with Crippen LogP contribution in [-0.4, -0.2) is 26.2 Å². The van der Waals surface area contributed by atoms with Gasteiger partial charge in [0.2, 0.25) is 0 Å². The van der Waals surface area contributed by atoms with E-state index in [9.17, 15) is 0 Å². The number of ether oxygens (including phenoxy) is 3. The van der Waals surface area contributed by atoms with Crippen molar-refractivity contribution < 1.29 is 14.2 Å². The van der Waals surface area contributed by atoms with E-state index in [1.165, 1.54) is 0 Å². The molecule has 0 fully saturated rings. The minimum Gasteiger partial charge on any atom is -0.376 e. The number of hydrogen-bond acceptors (Lipinski definition) is 3. The Kier molecular flexibility index (Phi) is 6.12. The smallest absolute Gasteiger partial charge is 0.191 e. The van der Waals surface area contributed by atoms with Gasteiger partial charge in [-0.2, -0.15) is 0 Å². The topological polar surface area (TPSA) is 27.7 Å². The van der Waals surface area contributed by atoms with E-state index in [1.807, 2.05) is 31.2 Å². The Balaban J connectivity index is 2.67. The van der Waals surface area contributed by atoms with Crippen molar-refractivity contribution in [2.45, 2.75) is 19.3 Å². The van der Waals surface area contributed by atoms with E-state index < -0.39 is 5.79 Å². The van der Waals surface area contributed by atoms with Crippen LogP contribution in [0.4, 0.5) is 0 Å². The highest BCUT2D eigenvalue weighted by atomic mass is 79.9. The van der Waals surface area contributed by atoms with Gasteiger partial charge in [-0.1, -0.05) is 40.2 Å². The minimum absolute atomic E-state index is 0.628. The predicted molar refractivity (Wildman–Crippen MR) is 71.3 cm³/mol. The molecule has 0 N–H and O–H groups in total. The van der Waals surface area contributed by atoms with E-state index >= 15 is 0 Å². The molecule has 0 aliphatic rings. The van der Waals surface area contributed by atoms with Gasteiger partial charge in [-0.3, -0.25) is 0 Å². The standard InChI is InChI=1S/C13H19BrO3/c1-13(15-2,16-3)12-6-4-11(5-7-12)10-17-9-8-14/h4-7H,8-10H2,1-3H3. The number of halogens is 1. The maximum absolute atomic E-state index is 5.44. The summed E-state index contributed by atoms with van der Waals surface area (Å²) >= 11 is 3.32. The van der Waals surface area contributed by atoms with Crippen LogP contribution in [0.2, 0.25) is 0 Å².